The summed E-state index contributed by atoms with van der Waals surface area (Å²) in [6.45, 7) is 9.44. The molecule has 0 bridgehead atoms. The molecule has 0 aliphatic carbocycles. The molecule has 3 aromatic rings. The lowest BCUT2D eigenvalue weighted by Crippen LogP contribution is -2.44. The first-order valence-electron chi connectivity index (χ1n) is 16.4. The van der Waals surface area contributed by atoms with Gasteiger partial charge in [0.05, 0.1) is 19.8 Å². The molecule has 0 aromatic heterocycles. The number of carbonyl (C=O) groups is 1. The van der Waals surface area contributed by atoms with Crippen molar-refractivity contribution < 1.29 is 22.4 Å². The number of likely N-dealkylation sites (tertiary alicyclic amines) is 2. The van der Waals surface area contributed by atoms with Crippen molar-refractivity contribution in [2.75, 3.05) is 39.9 Å². The highest BCUT2D eigenvalue weighted by atomic mass is 127. The number of hydrogen-bond donors (Lipinski definition) is 1. The zero-order valence-electron chi connectivity index (χ0n) is 27.2. The predicted octanol–water partition coefficient (Wildman–Crippen LogP) is 8.07. The number of nitrogens with zero attached hydrogens (tertiary/aromatic N) is 2. The molecule has 248 valence electrons. The van der Waals surface area contributed by atoms with Gasteiger partial charge in [-0.3, -0.25) is 9.69 Å². The van der Waals surface area contributed by atoms with Gasteiger partial charge in [0, 0.05) is 36.8 Å². The summed E-state index contributed by atoms with van der Waals surface area (Å²) in [4.78, 5) is 16.3. The SMILES string of the molecule is COc1cc(CCc2cccc(-c3cccc(OCCCN4CC[C@@H](OI)C4)c3C)c2C)c(Cl)cc1CN1CCCC[C@H]1C(=O)O. The lowest BCUT2D eigenvalue weighted by Gasteiger charge is -2.33. The largest absolute Gasteiger partial charge is 0.496 e. The van der Waals surface area contributed by atoms with E-state index < -0.39 is 12.0 Å². The smallest absolute Gasteiger partial charge is 0.320 e. The highest BCUT2D eigenvalue weighted by Gasteiger charge is 2.29. The molecule has 2 atom stereocenters. The topological polar surface area (TPSA) is 71.5 Å². The molecular formula is C37H46ClIN2O5. The van der Waals surface area contributed by atoms with Crippen molar-refractivity contribution in [3.63, 3.8) is 0 Å². The van der Waals surface area contributed by atoms with Crippen molar-refractivity contribution in [2.24, 2.45) is 0 Å². The number of aryl methyl sites for hydroxylation is 2. The van der Waals surface area contributed by atoms with Crippen LogP contribution in [0.4, 0.5) is 0 Å². The minimum Gasteiger partial charge on any atom is -0.496 e. The van der Waals surface area contributed by atoms with Gasteiger partial charge in [-0.25, -0.2) is 0 Å². The second-order valence-corrected chi connectivity index (χ2v) is 13.5. The monoisotopic (exact) mass is 760 g/mol. The summed E-state index contributed by atoms with van der Waals surface area (Å²) in [5.74, 6) is 0.934. The van der Waals surface area contributed by atoms with Crippen LogP contribution in [0.1, 0.15) is 59.9 Å². The molecule has 1 N–H and O–H groups in total. The van der Waals surface area contributed by atoms with Crippen molar-refractivity contribution >= 4 is 40.6 Å². The third-order valence-corrected chi connectivity index (χ3v) is 10.7. The Morgan fingerprint density at radius 2 is 1.72 bits per heavy atom. The Bertz CT molecular complexity index is 1500. The normalized spacial score (nSPS) is 19.0. The van der Waals surface area contributed by atoms with Crippen LogP contribution in [-0.2, 0) is 27.2 Å². The van der Waals surface area contributed by atoms with E-state index in [1.165, 1.54) is 22.3 Å². The molecule has 0 saturated carbocycles. The average molecular weight is 761 g/mol. The van der Waals surface area contributed by atoms with Crippen LogP contribution in [-0.4, -0.2) is 72.9 Å². The fourth-order valence-electron chi connectivity index (χ4n) is 6.94. The van der Waals surface area contributed by atoms with Crippen LogP contribution in [0.3, 0.4) is 0 Å². The maximum Gasteiger partial charge on any atom is 0.320 e. The number of carboxylic acids is 1. The van der Waals surface area contributed by atoms with Crippen LogP contribution in [0.2, 0.25) is 5.02 Å². The lowest BCUT2D eigenvalue weighted by molar-refractivity contribution is -0.144. The van der Waals surface area contributed by atoms with Gasteiger partial charge in [-0.1, -0.05) is 48.4 Å². The van der Waals surface area contributed by atoms with Crippen molar-refractivity contribution in [3.05, 3.63) is 81.4 Å². The summed E-state index contributed by atoms with van der Waals surface area (Å²) in [6.07, 6.45) is 6.67. The van der Waals surface area contributed by atoms with Gasteiger partial charge in [-0.05, 0) is 110 Å². The number of carboxylic acid groups (broad SMARTS) is 1. The Kier molecular flexibility index (Phi) is 12.6. The molecule has 5 rings (SSSR count). The number of hydrogen-bond acceptors (Lipinski definition) is 6. The number of methoxy groups -OCH3 is 1. The van der Waals surface area contributed by atoms with Gasteiger partial charge in [-0.15, -0.1) is 0 Å². The predicted molar refractivity (Wildman–Crippen MR) is 193 cm³/mol. The van der Waals surface area contributed by atoms with Gasteiger partial charge in [0.25, 0.3) is 0 Å². The summed E-state index contributed by atoms with van der Waals surface area (Å²) in [5.41, 5.74) is 8.06. The zero-order valence-corrected chi connectivity index (χ0v) is 30.1. The number of rotatable bonds is 14. The van der Waals surface area contributed by atoms with Crippen molar-refractivity contribution in [3.8, 4) is 22.6 Å². The molecule has 2 aliphatic heterocycles. The maximum absolute atomic E-state index is 11.8. The van der Waals surface area contributed by atoms with E-state index in [0.717, 1.165) is 92.9 Å². The molecule has 0 radical (unpaired) electrons. The van der Waals surface area contributed by atoms with Crippen molar-refractivity contribution in [1.82, 2.24) is 9.80 Å². The molecule has 0 spiro atoms. The quantitative estimate of drug-likeness (QED) is 0.132. The minimum absolute atomic E-state index is 0.351. The summed E-state index contributed by atoms with van der Waals surface area (Å²) in [6, 6.07) is 16.4. The van der Waals surface area contributed by atoms with E-state index >= 15 is 0 Å². The summed E-state index contributed by atoms with van der Waals surface area (Å²) in [5, 5.41) is 10.4. The summed E-state index contributed by atoms with van der Waals surface area (Å²) in [7, 11) is 1.67. The van der Waals surface area contributed by atoms with Crippen LogP contribution < -0.4 is 9.47 Å². The fourth-order valence-corrected chi connectivity index (χ4v) is 7.64. The van der Waals surface area contributed by atoms with Gasteiger partial charge in [-0.2, -0.15) is 0 Å². The second kappa shape index (κ2) is 16.6. The van der Waals surface area contributed by atoms with E-state index in [0.29, 0.717) is 30.7 Å². The van der Waals surface area contributed by atoms with Crippen LogP contribution in [0.5, 0.6) is 11.5 Å². The molecule has 46 heavy (non-hydrogen) atoms. The van der Waals surface area contributed by atoms with Crippen LogP contribution in [0.15, 0.2) is 48.5 Å². The molecule has 3 aromatic carbocycles. The highest BCUT2D eigenvalue weighted by molar-refractivity contribution is 14.1. The first-order chi connectivity index (χ1) is 22.3. The molecule has 0 amide bonds. The van der Waals surface area contributed by atoms with E-state index in [-0.39, 0.29) is 0 Å². The second-order valence-electron chi connectivity index (χ2n) is 12.6. The Labute approximate surface area is 292 Å². The summed E-state index contributed by atoms with van der Waals surface area (Å²) < 4.78 is 17.5. The Morgan fingerprint density at radius 1 is 0.957 bits per heavy atom. The number of aliphatic carboxylic acids is 1. The van der Waals surface area contributed by atoms with E-state index in [2.05, 4.69) is 55.1 Å². The van der Waals surface area contributed by atoms with Crippen molar-refractivity contribution in [2.45, 2.75) is 77.5 Å². The van der Waals surface area contributed by atoms with Gasteiger partial charge < -0.3 is 22.5 Å². The van der Waals surface area contributed by atoms with Gasteiger partial charge in [0.2, 0.25) is 0 Å². The molecular weight excluding hydrogens is 715 g/mol. The molecule has 0 unspecified atom stereocenters. The Hall–Kier alpha value is -2.37. The first-order valence-corrected chi connectivity index (χ1v) is 17.7. The van der Waals surface area contributed by atoms with Gasteiger partial charge in [0.1, 0.15) is 40.5 Å². The van der Waals surface area contributed by atoms with Crippen LogP contribution >= 0.6 is 34.6 Å². The molecule has 2 aliphatic rings. The number of ether oxygens (including phenoxy) is 2. The summed E-state index contributed by atoms with van der Waals surface area (Å²) >= 11 is 8.85. The fraction of sp³-hybridized carbons (Fsp3) is 0.486. The minimum atomic E-state index is -0.762. The van der Waals surface area contributed by atoms with E-state index in [1.807, 2.05) is 40.0 Å². The van der Waals surface area contributed by atoms with E-state index in [9.17, 15) is 9.90 Å². The maximum atomic E-state index is 11.8. The first kappa shape index (κ1) is 35.0. The average Bonchev–Trinajstić information content (AvgIpc) is 3.52. The Morgan fingerprint density at radius 3 is 2.46 bits per heavy atom. The number of benzene rings is 3. The highest BCUT2D eigenvalue weighted by Crippen LogP contribution is 2.35. The standard InChI is InChI=1S/C37H46ClIN2O5/c1-25-27(14-15-28-22-36(44-3)29(21-33(28)38)23-41-18-5-4-12-34(41)37(42)43)9-6-10-31(25)32-11-7-13-35(26(32)2)45-20-8-17-40-19-16-30(24-40)46-39/h6-7,9-11,13,21-22,30,34H,4-5,8,12,14-20,23-24H2,1-3H3,(H,42,43)/t30-,34+/m1/s1. The molecule has 9 heteroatoms. The van der Waals surface area contributed by atoms with Crippen molar-refractivity contribution in [1.29, 1.82) is 0 Å². The van der Waals surface area contributed by atoms with E-state index in [1.54, 1.807) is 7.11 Å². The zero-order chi connectivity index (χ0) is 32.6. The van der Waals surface area contributed by atoms with Gasteiger partial charge in [0.15, 0.2) is 0 Å². The van der Waals surface area contributed by atoms with Crippen LogP contribution in [0.25, 0.3) is 11.1 Å². The third-order valence-electron chi connectivity index (χ3n) is 9.64. The molecule has 2 fully saturated rings. The van der Waals surface area contributed by atoms with Gasteiger partial charge >= 0.3 is 5.97 Å². The Balaban J connectivity index is 1.24. The lowest BCUT2D eigenvalue weighted by atomic mass is 9.91. The number of halogens is 2. The molecule has 2 heterocycles. The van der Waals surface area contributed by atoms with Crippen LogP contribution in [0, 0.1) is 13.8 Å². The number of piperidine rings is 1. The van der Waals surface area contributed by atoms with E-state index in [4.69, 9.17) is 24.1 Å². The molecule has 7 nitrogen and oxygen atoms in total. The third kappa shape index (κ3) is 8.55. The molecule has 2 saturated heterocycles.